The van der Waals surface area contributed by atoms with Gasteiger partial charge in [0.15, 0.2) is 0 Å². The van der Waals surface area contributed by atoms with Gasteiger partial charge in [0, 0.05) is 31.0 Å². The lowest BCUT2D eigenvalue weighted by Crippen LogP contribution is -2.32. The van der Waals surface area contributed by atoms with Crippen LogP contribution in [0.25, 0.3) is 0 Å². The van der Waals surface area contributed by atoms with Crippen LogP contribution in [-0.2, 0) is 16.6 Å². The highest BCUT2D eigenvalue weighted by Crippen LogP contribution is 2.37. The first-order valence-corrected chi connectivity index (χ1v) is 8.93. The molecule has 2 aliphatic carbocycles. The second-order valence-corrected chi connectivity index (χ2v) is 7.75. The van der Waals surface area contributed by atoms with E-state index in [1.807, 2.05) is 7.05 Å². The van der Waals surface area contributed by atoms with Crippen LogP contribution in [0.4, 0.5) is 0 Å². The van der Waals surface area contributed by atoms with E-state index in [4.69, 9.17) is 0 Å². The Bertz CT molecular complexity index is 571. The zero-order chi connectivity index (χ0) is 14.2. The van der Waals surface area contributed by atoms with Crippen molar-refractivity contribution in [1.82, 2.24) is 14.6 Å². The average Bonchev–Trinajstić information content (AvgIpc) is 3.09. The Morgan fingerprint density at radius 2 is 2.05 bits per heavy atom. The molecule has 0 atom stereocenters. The molecular weight excluding hydrogens is 274 g/mol. The van der Waals surface area contributed by atoms with E-state index < -0.39 is 10.0 Å². The summed E-state index contributed by atoms with van der Waals surface area (Å²) in [4.78, 5) is 0.411. The van der Waals surface area contributed by atoms with Gasteiger partial charge in [-0.3, -0.25) is 0 Å². The molecule has 1 aromatic heterocycles. The van der Waals surface area contributed by atoms with Crippen molar-refractivity contribution in [3.05, 3.63) is 18.0 Å². The quantitative estimate of drug-likeness (QED) is 0.804. The van der Waals surface area contributed by atoms with E-state index in [0.717, 1.165) is 31.4 Å². The van der Waals surface area contributed by atoms with Crippen molar-refractivity contribution in [2.45, 2.75) is 49.6 Å². The van der Waals surface area contributed by atoms with Crippen molar-refractivity contribution in [1.29, 1.82) is 0 Å². The van der Waals surface area contributed by atoms with Crippen LogP contribution in [0.2, 0.25) is 0 Å². The van der Waals surface area contributed by atoms with Gasteiger partial charge in [-0.25, -0.2) is 13.1 Å². The first-order chi connectivity index (χ1) is 9.60. The average molecular weight is 297 g/mol. The first kappa shape index (κ1) is 14.1. The number of rotatable bonds is 7. The van der Waals surface area contributed by atoms with Gasteiger partial charge in [0.1, 0.15) is 0 Å². The molecule has 2 saturated carbocycles. The Hall–Kier alpha value is -0.850. The molecule has 2 fully saturated rings. The van der Waals surface area contributed by atoms with E-state index in [0.29, 0.717) is 29.9 Å². The maximum atomic E-state index is 12.3. The molecule has 2 N–H and O–H groups in total. The van der Waals surface area contributed by atoms with Crippen molar-refractivity contribution in [3.63, 3.8) is 0 Å². The summed E-state index contributed by atoms with van der Waals surface area (Å²) in [7, 11) is -1.47. The highest BCUT2D eigenvalue weighted by molar-refractivity contribution is 7.89. The van der Waals surface area contributed by atoms with E-state index in [1.165, 1.54) is 6.42 Å². The highest BCUT2D eigenvalue weighted by atomic mass is 32.2. The molecule has 0 radical (unpaired) electrons. The van der Waals surface area contributed by atoms with E-state index in [1.54, 1.807) is 12.3 Å². The van der Waals surface area contributed by atoms with Crippen molar-refractivity contribution in [3.8, 4) is 0 Å². The molecule has 6 heteroatoms. The molecule has 0 spiro atoms. The summed E-state index contributed by atoms with van der Waals surface area (Å²) in [5.41, 5.74) is 1.05. The smallest absolute Gasteiger partial charge is 0.242 e. The lowest BCUT2D eigenvalue weighted by Gasteiger charge is -2.25. The number of hydrogen-bond donors (Lipinski definition) is 2. The predicted octanol–water partition coefficient (Wildman–Crippen LogP) is 1.62. The SMILES string of the molecule is CNCc1cc(S(=O)(=O)NCC2CCC2)cn1C1CC1. The lowest BCUT2D eigenvalue weighted by atomic mass is 9.86. The van der Waals surface area contributed by atoms with Crippen LogP contribution in [0, 0.1) is 5.92 Å². The van der Waals surface area contributed by atoms with Crippen molar-refractivity contribution in [2.24, 2.45) is 5.92 Å². The fraction of sp³-hybridized carbons (Fsp3) is 0.714. The molecule has 0 amide bonds. The van der Waals surface area contributed by atoms with Crippen LogP contribution in [-0.4, -0.2) is 26.6 Å². The number of sulfonamides is 1. The summed E-state index contributed by atoms with van der Waals surface area (Å²) in [6.07, 6.45) is 7.64. The normalized spacial score (nSPS) is 20.1. The Morgan fingerprint density at radius 3 is 2.60 bits per heavy atom. The van der Waals surface area contributed by atoms with E-state index in [9.17, 15) is 8.42 Å². The molecule has 0 saturated heterocycles. The zero-order valence-electron chi connectivity index (χ0n) is 11.9. The van der Waals surface area contributed by atoms with Gasteiger partial charge in [-0.05, 0) is 44.7 Å². The minimum atomic E-state index is -3.36. The second kappa shape index (κ2) is 5.50. The maximum absolute atomic E-state index is 12.3. The molecule has 0 bridgehead atoms. The first-order valence-electron chi connectivity index (χ1n) is 7.45. The molecule has 5 nitrogen and oxygen atoms in total. The van der Waals surface area contributed by atoms with E-state index >= 15 is 0 Å². The molecule has 1 aromatic rings. The van der Waals surface area contributed by atoms with E-state index in [2.05, 4.69) is 14.6 Å². The predicted molar refractivity (Wildman–Crippen MR) is 78.0 cm³/mol. The fourth-order valence-electron chi connectivity index (χ4n) is 2.67. The largest absolute Gasteiger partial charge is 0.346 e. The number of aromatic nitrogens is 1. The van der Waals surface area contributed by atoms with Crippen molar-refractivity contribution < 1.29 is 8.42 Å². The third-order valence-corrected chi connectivity index (χ3v) is 5.69. The summed E-state index contributed by atoms with van der Waals surface area (Å²) in [6, 6.07) is 2.30. The molecule has 2 aliphatic rings. The van der Waals surface area contributed by atoms with Crippen LogP contribution in [0.1, 0.15) is 43.8 Å². The highest BCUT2D eigenvalue weighted by Gasteiger charge is 2.28. The molecular formula is C14H23N3O2S. The minimum absolute atomic E-state index is 0.411. The van der Waals surface area contributed by atoms with Crippen LogP contribution in [0.15, 0.2) is 17.2 Å². The van der Waals surface area contributed by atoms with Gasteiger partial charge in [-0.15, -0.1) is 0 Å². The molecule has 112 valence electrons. The third-order valence-electron chi connectivity index (χ3n) is 4.30. The standard InChI is InChI=1S/C14H23N3O2S/c1-15-9-13-7-14(10-17(13)12-5-6-12)20(18,19)16-8-11-3-2-4-11/h7,10-12,15-16H,2-6,8-9H2,1H3. The summed E-state index contributed by atoms with van der Waals surface area (Å²) in [5, 5.41) is 3.10. The van der Waals surface area contributed by atoms with Gasteiger partial charge in [0.05, 0.1) is 4.90 Å². The summed E-state index contributed by atoms with van der Waals surface area (Å²) >= 11 is 0. The summed E-state index contributed by atoms with van der Waals surface area (Å²) in [5.74, 6) is 0.534. The summed E-state index contributed by atoms with van der Waals surface area (Å²) < 4.78 is 29.6. The minimum Gasteiger partial charge on any atom is -0.346 e. The Morgan fingerprint density at radius 1 is 1.30 bits per heavy atom. The second-order valence-electron chi connectivity index (χ2n) is 5.98. The molecule has 20 heavy (non-hydrogen) atoms. The zero-order valence-corrected chi connectivity index (χ0v) is 12.7. The van der Waals surface area contributed by atoms with E-state index in [-0.39, 0.29) is 0 Å². The Kier molecular flexibility index (Phi) is 3.88. The molecule has 0 aliphatic heterocycles. The molecule has 0 unspecified atom stereocenters. The van der Waals surface area contributed by atoms with Crippen LogP contribution >= 0.6 is 0 Å². The molecule has 0 aromatic carbocycles. The third kappa shape index (κ3) is 2.92. The van der Waals surface area contributed by atoms with Gasteiger partial charge >= 0.3 is 0 Å². The number of nitrogens with one attached hydrogen (secondary N) is 2. The lowest BCUT2D eigenvalue weighted by molar-refractivity contribution is 0.316. The fourth-order valence-corrected chi connectivity index (χ4v) is 3.83. The van der Waals surface area contributed by atoms with Crippen LogP contribution in [0.3, 0.4) is 0 Å². The Balaban J connectivity index is 1.75. The van der Waals surface area contributed by atoms with Gasteiger partial charge in [-0.2, -0.15) is 0 Å². The van der Waals surface area contributed by atoms with Crippen LogP contribution < -0.4 is 10.0 Å². The maximum Gasteiger partial charge on any atom is 0.242 e. The Labute approximate surface area is 120 Å². The monoisotopic (exact) mass is 297 g/mol. The van der Waals surface area contributed by atoms with Crippen molar-refractivity contribution >= 4 is 10.0 Å². The summed E-state index contributed by atoms with van der Waals surface area (Å²) in [6.45, 7) is 1.28. The molecule has 3 rings (SSSR count). The van der Waals surface area contributed by atoms with Gasteiger partial charge in [-0.1, -0.05) is 6.42 Å². The van der Waals surface area contributed by atoms with Gasteiger partial charge < -0.3 is 9.88 Å². The van der Waals surface area contributed by atoms with Gasteiger partial charge in [0.25, 0.3) is 0 Å². The van der Waals surface area contributed by atoms with Crippen molar-refractivity contribution in [2.75, 3.05) is 13.6 Å². The molecule has 1 heterocycles. The number of nitrogens with zero attached hydrogens (tertiary/aromatic N) is 1. The topological polar surface area (TPSA) is 63.1 Å². The van der Waals surface area contributed by atoms with Gasteiger partial charge in [0.2, 0.25) is 10.0 Å². The number of hydrogen-bond acceptors (Lipinski definition) is 3. The van der Waals surface area contributed by atoms with Crippen LogP contribution in [0.5, 0.6) is 0 Å².